The monoisotopic (exact) mass is 325 g/mol. The van der Waals surface area contributed by atoms with E-state index < -0.39 is 0 Å². The van der Waals surface area contributed by atoms with E-state index in [2.05, 4.69) is 4.98 Å². The summed E-state index contributed by atoms with van der Waals surface area (Å²) < 4.78 is 19.2. The average molecular weight is 325 g/mol. The number of fused-ring (bicyclic) bond motifs is 1. The maximum atomic E-state index is 13.2. The van der Waals surface area contributed by atoms with Crippen LogP contribution in [-0.2, 0) is 0 Å². The number of pyridine rings is 1. The van der Waals surface area contributed by atoms with E-state index in [0.717, 1.165) is 5.56 Å². The van der Waals surface area contributed by atoms with Crippen molar-refractivity contribution in [3.63, 3.8) is 0 Å². The van der Waals surface area contributed by atoms with Gasteiger partial charge < -0.3 is 4.74 Å². The summed E-state index contributed by atoms with van der Waals surface area (Å²) in [5, 5.41) is 0. The molecule has 3 atom stereocenters. The summed E-state index contributed by atoms with van der Waals surface area (Å²) in [7, 11) is 0. The molecule has 1 heterocycles. The van der Waals surface area contributed by atoms with Crippen LogP contribution in [-0.4, -0.2) is 16.9 Å². The van der Waals surface area contributed by atoms with E-state index >= 15 is 0 Å². The van der Waals surface area contributed by atoms with Crippen LogP contribution < -0.4 is 4.74 Å². The van der Waals surface area contributed by atoms with Gasteiger partial charge in [0.25, 0.3) is 0 Å². The summed E-state index contributed by atoms with van der Waals surface area (Å²) in [6.45, 7) is 1.84. The number of halogens is 1. The second-order valence-corrected chi connectivity index (χ2v) is 6.70. The maximum Gasteiger partial charge on any atom is 0.214 e. The topological polar surface area (TPSA) is 39.2 Å². The van der Waals surface area contributed by atoms with Crippen LogP contribution >= 0.6 is 0 Å². The van der Waals surface area contributed by atoms with Crippen LogP contribution in [0.25, 0.3) is 11.3 Å². The molecule has 1 aromatic carbocycles. The predicted octanol–water partition coefficient (Wildman–Crippen LogP) is 4.66. The highest BCUT2D eigenvalue weighted by Crippen LogP contribution is 2.53. The number of hydrogen-bond acceptors (Lipinski definition) is 3. The summed E-state index contributed by atoms with van der Waals surface area (Å²) in [5.74, 6) is 1.59. The van der Waals surface area contributed by atoms with Crippen molar-refractivity contribution in [3.8, 4) is 17.1 Å². The lowest BCUT2D eigenvalue weighted by Crippen LogP contribution is -2.08. The molecule has 2 saturated carbocycles. The summed E-state index contributed by atoms with van der Waals surface area (Å²) in [6.07, 6.45) is 4.43. The number of ether oxygens (including phenoxy) is 1. The summed E-state index contributed by atoms with van der Waals surface area (Å²) in [4.78, 5) is 16.7. The van der Waals surface area contributed by atoms with Crippen LogP contribution in [0.1, 0.15) is 43.0 Å². The highest BCUT2D eigenvalue weighted by molar-refractivity contribution is 5.97. The summed E-state index contributed by atoms with van der Waals surface area (Å²) in [5.41, 5.74) is 2.03. The molecule has 4 rings (SSSR count). The minimum atomic E-state index is -0.290. The van der Waals surface area contributed by atoms with E-state index in [1.165, 1.54) is 31.4 Å². The van der Waals surface area contributed by atoms with Crippen molar-refractivity contribution in [2.75, 3.05) is 0 Å². The first kappa shape index (κ1) is 15.3. The van der Waals surface area contributed by atoms with Gasteiger partial charge in [-0.2, -0.15) is 0 Å². The molecule has 24 heavy (non-hydrogen) atoms. The molecule has 0 aliphatic heterocycles. The van der Waals surface area contributed by atoms with Crippen molar-refractivity contribution in [2.45, 2.75) is 38.7 Å². The number of Topliss-reactive ketones (excluding diaryl/α,β-unsaturated/α-hetero) is 1. The fourth-order valence-electron chi connectivity index (χ4n) is 3.77. The molecule has 2 aromatic rings. The van der Waals surface area contributed by atoms with Crippen LogP contribution in [0.2, 0.25) is 0 Å². The van der Waals surface area contributed by atoms with Crippen LogP contribution in [0, 0.1) is 17.7 Å². The zero-order chi connectivity index (χ0) is 16.7. The van der Waals surface area contributed by atoms with E-state index in [1.807, 2.05) is 6.92 Å². The normalized spacial score (nSPS) is 24.5. The second-order valence-electron chi connectivity index (χ2n) is 6.70. The van der Waals surface area contributed by atoms with Gasteiger partial charge in [-0.25, -0.2) is 9.37 Å². The molecule has 2 fully saturated rings. The lowest BCUT2D eigenvalue weighted by molar-refractivity contribution is 0.0987. The molecular weight excluding hydrogens is 305 g/mol. The number of carbonyl (C=O) groups excluding carboxylic acids is 1. The quantitative estimate of drug-likeness (QED) is 0.751. The smallest absolute Gasteiger partial charge is 0.214 e. The summed E-state index contributed by atoms with van der Waals surface area (Å²) >= 11 is 0. The minimum absolute atomic E-state index is 0.0570. The number of rotatable bonds is 5. The Labute approximate surface area is 140 Å². The van der Waals surface area contributed by atoms with Crippen LogP contribution in [0.3, 0.4) is 0 Å². The molecule has 0 bridgehead atoms. The van der Waals surface area contributed by atoms with Gasteiger partial charge in [0.05, 0.1) is 5.69 Å². The Bertz CT molecular complexity index is 762. The Morgan fingerprint density at radius 1 is 1.21 bits per heavy atom. The first-order valence-electron chi connectivity index (χ1n) is 8.63. The second kappa shape index (κ2) is 6.00. The number of aromatic nitrogens is 1. The number of benzene rings is 1. The minimum Gasteiger partial charge on any atom is -0.474 e. The van der Waals surface area contributed by atoms with E-state index in [4.69, 9.17) is 4.74 Å². The van der Waals surface area contributed by atoms with E-state index in [9.17, 15) is 9.18 Å². The SMILES string of the molecule is CCC(=O)c1cc(OC2[C@H]3CCC[C@@H]23)nc(-c2ccc(F)cc2)c1. The van der Waals surface area contributed by atoms with Gasteiger partial charge in [0, 0.05) is 35.4 Å². The van der Waals surface area contributed by atoms with Crippen LogP contribution in [0.4, 0.5) is 4.39 Å². The lowest BCUT2D eigenvalue weighted by Gasteiger charge is -2.11. The van der Waals surface area contributed by atoms with Crippen molar-refractivity contribution in [1.29, 1.82) is 0 Å². The van der Waals surface area contributed by atoms with Gasteiger partial charge in [0.2, 0.25) is 5.88 Å². The molecule has 1 aromatic heterocycles. The average Bonchev–Trinajstić information content (AvgIpc) is 3.03. The van der Waals surface area contributed by atoms with Gasteiger partial charge >= 0.3 is 0 Å². The molecule has 0 saturated heterocycles. The fourth-order valence-corrected chi connectivity index (χ4v) is 3.77. The Morgan fingerprint density at radius 2 is 1.92 bits per heavy atom. The third-order valence-electron chi connectivity index (χ3n) is 5.17. The fraction of sp³-hybridized carbons (Fsp3) is 0.400. The van der Waals surface area contributed by atoms with Gasteiger partial charge in [-0.1, -0.05) is 13.3 Å². The van der Waals surface area contributed by atoms with Gasteiger partial charge in [-0.3, -0.25) is 4.79 Å². The third-order valence-corrected chi connectivity index (χ3v) is 5.17. The Balaban J connectivity index is 1.66. The molecule has 2 aliphatic rings. The molecule has 0 N–H and O–H groups in total. The first-order chi connectivity index (χ1) is 11.7. The molecule has 0 radical (unpaired) electrons. The number of carbonyl (C=O) groups is 1. The standard InChI is InChI=1S/C20H20FNO2/c1-2-18(23)13-10-17(12-6-8-14(21)9-7-12)22-19(11-13)24-20-15-4-3-5-16(15)20/h6-11,15-16,20H,2-5H2,1H3/t15-,16+,20?. The van der Waals surface area contributed by atoms with E-state index in [0.29, 0.717) is 35.4 Å². The number of hydrogen-bond donors (Lipinski definition) is 0. The molecule has 2 aliphatic carbocycles. The third kappa shape index (κ3) is 2.81. The number of ketones is 1. The molecule has 4 heteroatoms. The molecule has 0 amide bonds. The summed E-state index contributed by atoms with van der Waals surface area (Å²) in [6, 6.07) is 9.65. The van der Waals surface area contributed by atoms with Gasteiger partial charge in [0.1, 0.15) is 11.9 Å². The highest BCUT2D eigenvalue weighted by atomic mass is 19.1. The van der Waals surface area contributed by atoms with Crippen molar-refractivity contribution < 1.29 is 13.9 Å². The number of nitrogens with zero attached hydrogens (tertiary/aromatic N) is 1. The van der Waals surface area contributed by atoms with Gasteiger partial charge in [-0.05, 0) is 43.2 Å². The molecular formula is C20H20FNO2. The largest absolute Gasteiger partial charge is 0.474 e. The molecule has 124 valence electrons. The lowest BCUT2D eigenvalue weighted by atomic mass is 10.1. The van der Waals surface area contributed by atoms with Crippen molar-refractivity contribution >= 4 is 5.78 Å². The first-order valence-corrected chi connectivity index (χ1v) is 8.63. The highest BCUT2D eigenvalue weighted by Gasteiger charge is 2.55. The predicted molar refractivity (Wildman–Crippen MR) is 89.5 cm³/mol. The zero-order valence-electron chi connectivity index (χ0n) is 13.7. The van der Waals surface area contributed by atoms with E-state index in [1.54, 1.807) is 24.3 Å². The molecule has 0 spiro atoms. The Morgan fingerprint density at radius 3 is 2.58 bits per heavy atom. The Kier molecular flexibility index (Phi) is 3.83. The van der Waals surface area contributed by atoms with Crippen molar-refractivity contribution in [1.82, 2.24) is 4.98 Å². The van der Waals surface area contributed by atoms with Crippen molar-refractivity contribution in [2.24, 2.45) is 11.8 Å². The molecule has 3 nitrogen and oxygen atoms in total. The molecule has 1 unspecified atom stereocenters. The Hall–Kier alpha value is -2.23. The van der Waals surface area contributed by atoms with Gasteiger partial charge in [-0.15, -0.1) is 0 Å². The van der Waals surface area contributed by atoms with Gasteiger partial charge in [0.15, 0.2) is 5.78 Å². The van der Waals surface area contributed by atoms with Crippen LogP contribution in [0.5, 0.6) is 5.88 Å². The zero-order valence-corrected chi connectivity index (χ0v) is 13.7. The van der Waals surface area contributed by atoms with Crippen LogP contribution in [0.15, 0.2) is 36.4 Å². The van der Waals surface area contributed by atoms with E-state index in [-0.39, 0.29) is 17.7 Å². The maximum absolute atomic E-state index is 13.2. The van der Waals surface area contributed by atoms with Crippen molar-refractivity contribution in [3.05, 3.63) is 47.8 Å².